The minimum absolute atomic E-state index is 0.282. The fourth-order valence-corrected chi connectivity index (χ4v) is 3.41. The first kappa shape index (κ1) is 14.2. The molecule has 3 rings (SSSR count). The number of aliphatic hydroxyl groups excluding tert-OH is 1. The number of nitrogens with zero attached hydrogens (tertiary/aromatic N) is 1. The van der Waals surface area contributed by atoms with Crippen molar-refractivity contribution in [1.29, 1.82) is 0 Å². The predicted octanol–water partition coefficient (Wildman–Crippen LogP) is 4.22. The van der Waals surface area contributed by atoms with Gasteiger partial charge in [0.15, 0.2) is 0 Å². The molecule has 3 heteroatoms. The van der Waals surface area contributed by atoms with E-state index in [1.807, 2.05) is 30.5 Å². The van der Waals surface area contributed by atoms with Crippen molar-refractivity contribution in [2.75, 3.05) is 0 Å². The third-order valence-electron chi connectivity index (χ3n) is 3.74. The molecule has 0 spiro atoms. The van der Waals surface area contributed by atoms with E-state index in [1.165, 1.54) is 10.4 Å². The number of para-hydroxylation sites is 1. The molecule has 21 heavy (non-hydrogen) atoms. The molecule has 1 N–H and O–H groups in total. The summed E-state index contributed by atoms with van der Waals surface area (Å²) in [7, 11) is 0. The summed E-state index contributed by atoms with van der Waals surface area (Å²) in [5, 5.41) is 13.5. The van der Waals surface area contributed by atoms with Crippen LogP contribution in [-0.4, -0.2) is 16.2 Å². The van der Waals surface area contributed by atoms with Gasteiger partial charge in [0.1, 0.15) is 0 Å². The molecule has 0 radical (unpaired) electrons. The van der Waals surface area contributed by atoms with E-state index < -0.39 is 0 Å². The van der Waals surface area contributed by atoms with Crippen molar-refractivity contribution >= 4 is 22.2 Å². The highest BCUT2D eigenvalue weighted by atomic mass is 32.1. The van der Waals surface area contributed by atoms with Crippen LogP contribution in [0.5, 0.6) is 0 Å². The van der Waals surface area contributed by atoms with E-state index >= 15 is 0 Å². The lowest BCUT2D eigenvalue weighted by Gasteiger charge is -2.12. The number of rotatable bonds is 6. The highest BCUT2D eigenvalue weighted by Gasteiger charge is 2.09. The van der Waals surface area contributed by atoms with Crippen molar-refractivity contribution in [2.24, 2.45) is 0 Å². The third-order valence-corrected chi connectivity index (χ3v) is 4.67. The first-order valence-electron chi connectivity index (χ1n) is 7.36. The molecule has 3 aromatic rings. The molecule has 1 atom stereocenters. The summed E-state index contributed by atoms with van der Waals surface area (Å²) in [5.41, 5.74) is 2.19. The largest absolute Gasteiger partial charge is 0.393 e. The molecular weight excluding hydrogens is 278 g/mol. The van der Waals surface area contributed by atoms with Crippen LogP contribution < -0.4 is 0 Å². The Hall–Kier alpha value is -1.71. The summed E-state index contributed by atoms with van der Waals surface area (Å²) < 4.78 is 0. The Labute approximate surface area is 129 Å². The summed E-state index contributed by atoms with van der Waals surface area (Å²) in [5.74, 6) is 0. The minimum atomic E-state index is -0.282. The monoisotopic (exact) mass is 297 g/mol. The Morgan fingerprint density at radius 3 is 2.86 bits per heavy atom. The van der Waals surface area contributed by atoms with Gasteiger partial charge in [-0.3, -0.25) is 4.98 Å². The van der Waals surface area contributed by atoms with E-state index in [0.29, 0.717) is 6.42 Å². The lowest BCUT2D eigenvalue weighted by atomic mass is 10.00. The number of benzene rings is 1. The van der Waals surface area contributed by atoms with Gasteiger partial charge in [-0.2, -0.15) is 0 Å². The Bertz CT molecular complexity index is 688. The van der Waals surface area contributed by atoms with Gasteiger partial charge >= 0.3 is 0 Å². The quantitative estimate of drug-likeness (QED) is 0.739. The van der Waals surface area contributed by atoms with Crippen molar-refractivity contribution < 1.29 is 5.11 Å². The SMILES string of the molecule is OC(CCCc1cccs1)Cc1ccnc2ccccc12. The van der Waals surface area contributed by atoms with E-state index in [9.17, 15) is 5.11 Å². The molecule has 0 bridgehead atoms. The van der Waals surface area contributed by atoms with Crippen molar-refractivity contribution in [1.82, 2.24) is 4.98 Å². The van der Waals surface area contributed by atoms with Crippen LogP contribution in [0.4, 0.5) is 0 Å². The van der Waals surface area contributed by atoms with E-state index in [-0.39, 0.29) is 6.10 Å². The average Bonchev–Trinajstić information content (AvgIpc) is 3.01. The number of hydrogen-bond donors (Lipinski definition) is 1. The van der Waals surface area contributed by atoms with Crippen LogP contribution in [0.25, 0.3) is 10.9 Å². The van der Waals surface area contributed by atoms with Crippen molar-refractivity contribution in [3.8, 4) is 0 Å². The van der Waals surface area contributed by atoms with Crippen LogP contribution in [0.15, 0.2) is 54.0 Å². The van der Waals surface area contributed by atoms with Crippen LogP contribution in [0.1, 0.15) is 23.3 Å². The highest BCUT2D eigenvalue weighted by Crippen LogP contribution is 2.19. The zero-order chi connectivity index (χ0) is 14.5. The van der Waals surface area contributed by atoms with Crippen LogP contribution in [0, 0.1) is 0 Å². The molecule has 2 heterocycles. The number of thiophene rings is 1. The van der Waals surface area contributed by atoms with Crippen molar-refractivity contribution in [3.05, 3.63) is 64.5 Å². The summed E-state index contributed by atoms with van der Waals surface area (Å²) >= 11 is 1.79. The molecule has 0 fully saturated rings. The summed E-state index contributed by atoms with van der Waals surface area (Å²) in [6.45, 7) is 0. The van der Waals surface area contributed by atoms with E-state index in [2.05, 4.69) is 28.6 Å². The summed E-state index contributed by atoms with van der Waals surface area (Å²) in [6.07, 6.45) is 5.19. The Balaban J connectivity index is 1.59. The van der Waals surface area contributed by atoms with Gasteiger partial charge in [0.05, 0.1) is 11.6 Å². The Morgan fingerprint density at radius 1 is 1.10 bits per heavy atom. The molecule has 0 amide bonds. The first-order valence-corrected chi connectivity index (χ1v) is 8.24. The lowest BCUT2D eigenvalue weighted by molar-refractivity contribution is 0.162. The zero-order valence-corrected chi connectivity index (χ0v) is 12.7. The average molecular weight is 297 g/mol. The summed E-state index contributed by atoms with van der Waals surface area (Å²) in [6, 6.07) is 14.4. The second-order valence-corrected chi connectivity index (χ2v) is 6.35. The van der Waals surface area contributed by atoms with Crippen LogP contribution in [0.2, 0.25) is 0 Å². The maximum absolute atomic E-state index is 10.3. The third kappa shape index (κ3) is 3.69. The first-order chi connectivity index (χ1) is 10.3. The number of fused-ring (bicyclic) bond motifs is 1. The van der Waals surface area contributed by atoms with Gasteiger partial charge in [-0.15, -0.1) is 11.3 Å². The van der Waals surface area contributed by atoms with Crippen molar-refractivity contribution in [3.63, 3.8) is 0 Å². The molecule has 0 saturated heterocycles. The normalized spacial score (nSPS) is 12.6. The minimum Gasteiger partial charge on any atom is -0.393 e. The van der Waals surface area contributed by atoms with E-state index in [0.717, 1.165) is 30.2 Å². The standard InChI is InChI=1S/C18H19NOS/c20-15(5-3-6-16-7-4-12-21-16)13-14-10-11-19-18-9-2-1-8-17(14)18/h1-2,4,7-12,15,20H,3,5-6,13H2. The molecule has 108 valence electrons. The van der Waals surface area contributed by atoms with Crippen LogP contribution in [-0.2, 0) is 12.8 Å². The second kappa shape index (κ2) is 6.83. The Kier molecular flexibility index (Phi) is 4.63. The van der Waals surface area contributed by atoms with Crippen molar-refractivity contribution in [2.45, 2.75) is 31.8 Å². The molecule has 2 nitrogen and oxygen atoms in total. The zero-order valence-electron chi connectivity index (χ0n) is 11.9. The molecule has 2 aromatic heterocycles. The molecule has 0 aliphatic carbocycles. The molecular formula is C18H19NOS. The van der Waals surface area contributed by atoms with Gasteiger partial charge in [0, 0.05) is 16.5 Å². The van der Waals surface area contributed by atoms with Crippen LogP contribution >= 0.6 is 11.3 Å². The molecule has 0 saturated carbocycles. The maximum Gasteiger partial charge on any atom is 0.0704 e. The number of aromatic nitrogens is 1. The molecule has 1 aromatic carbocycles. The molecule has 0 aliphatic heterocycles. The number of aliphatic hydroxyl groups is 1. The lowest BCUT2D eigenvalue weighted by Crippen LogP contribution is -2.11. The predicted molar refractivity (Wildman–Crippen MR) is 88.7 cm³/mol. The fourth-order valence-electron chi connectivity index (χ4n) is 2.66. The molecule has 0 aliphatic rings. The van der Waals surface area contributed by atoms with Gasteiger partial charge in [-0.1, -0.05) is 24.3 Å². The van der Waals surface area contributed by atoms with Gasteiger partial charge in [-0.05, 0) is 54.8 Å². The summed E-state index contributed by atoms with van der Waals surface area (Å²) in [4.78, 5) is 5.76. The second-order valence-electron chi connectivity index (χ2n) is 5.32. The number of aryl methyl sites for hydroxylation is 1. The van der Waals surface area contributed by atoms with Gasteiger partial charge in [0.2, 0.25) is 0 Å². The van der Waals surface area contributed by atoms with E-state index in [4.69, 9.17) is 0 Å². The topological polar surface area (TPSA) is 33.1 Å². The van der Waals surface area contributed by atoms with Crippen LogP contribution in [0.3, 0.4) is 0 Å². The number of pyridine rings is 1. The maximum atomic E-state index is 10.3. The van der Waals surface area contributed by atoms with Gasteiger partial charge in [-0.25, -0.2) is 0 Å². The highest BCUT2D eigenvalue weighted by molar-refractivity contribution is 7.09. The van der Waals surface area contributed by atoms with Gasteiger partial charge < -0.3 is 5.11 Å². The van der Waals surface area contributed by atoms with E-state index in [1.54, 1.807) is 11.3 Å². The molecule has 1 unspecified atom stereocenters. The Morgan fingerprint density at radius 2 is 2.00 bits per heavy atom. The fraction of sp³-hybridized carbons (Fsp3) is 0.278. The van der Waals surface area contributed by atoms with Gasteiger partial charge in [0.25, 0.3) is 0 Å². The smallest absolute Gasteiger partial charge is 0.0704 e. The number of hydrogen-bond acceptors (Lipinski definition) is 3.